The van der Waals surface area contributed by atoms with Crippen molar-refractivity contribution in [2.45, 2.75) is 37.8 Å². The van der Waals surface area contributed by atoms with Crippen LogP contribution < -0.4 is 0 Å². The summed E-state index contributed by atoms with van der Waals surface area (Å²) >= 11 is 0. The Balaban J connectivity index is 1.57. The third kappa shape index (κ3) is 3.29. The van der Waals surface area contributed by atoms with Crippen LogP contribution in [0.2, 0.25) is 0 Å². The first-order valence-corrected chi connectivity index (χ1v) is 10.8. The molecule has 32 heavy (non-hydrogen) atoms. The molecule has 2 aliphatic heterocycles. The molecule has 0 spiro atoms. The minimum Gasteiger partial charge on any atom is -0.507 e. The molecule has 7 nitrogen and oxygen atoms in total. The van der Waals surface area contributed by atoms with Crippen LogP contribution in [0.4, 0.5) is 0 Å². The molecule has 3 aromatic rings. The van der Waals surface area contributed by atoms with E-state index in [9.17, 15) is 9.90 Å². The van der Waals surface area contributed by atoms with E-state index in [1.54, 1.807) is 12.1 Å². The number of para-hydroxylation sites is 1. The van der Waals surface area contributed by atoms with Gasteiger partial charge in [-0.2, -0.15) is 0 Å². The summed E-state index contributed by atoms with van der Waals surface area (Å²) in [5.74, 6) is 0.356. The number of nitrogens with one attached hydrogen (secondary N) is 1. The maximum Gasteiger partial charge on any atom is 0.246 e. The smallest absolute Gasteiger partial charge is 0.246 e. The second-order valence-corrected chi connectivity index (χ2v) is 8.67. The Morgan fingerprint density at radius 1 is 1.25 bits per heavy atom. The summed E-state index contributed by atoms with van der Waals surface area (Å²) < 4.78 is 5.76. The van der Waals surface area contributed by atoms with Crippen LogP contribution in [-0.4, -0.2) is 56.4 Å². The first kappa shape index (κ1) is 20.5. The quantitative estimate of drug-likeness (QED) is 0.610. The number of morpholine rings is 1. The molecule has 1 aromatic carbocycles. The van der Waals surface area contributed by atoms with Crippen molar-refractivity contribution in [2.75, 3.05) is 13.2 Å². The summed E-state index contributed by atoms with van der Waals surface area (Å²) in [5, 5.41) is 20.0. The molecule has 0 radical (unpaired) electrons. The number of benzene rings is 1. The summed E-state index contributed by atoms with van der Waals surface area (Å²) in [7, 11) is 0. The van der Waals surface area contributed by atoms with Gasteiger partial charge in [-0.25, -0.2) is 0 Å². The number of hydrogen-bond acceptors (Lipinski definition) is 5. The Kier molecular flexibility index (Phi) is 5.06. The lowest BCUT2D eigenvalue weighted by atomic mass is 9.81. The van der Waals surface area contributed by atoms with Crippen molar-refractivity contribution in [3.8, 4) is 17.0 Å². The number of H-pyrrole nitrogens is 1. The lowest BCUT2D eigenvalue weighted by Gasteiger charge is -2.48. The van der Waals surface area contributed by atoms with Crippen molar-refractivity contribution in [3.05, 3.63) is 60.8 Å². The second kappa shape index (κ2) is 7.91. The highest BCUT2D eigenvalue weighted by Gasteiger charge is 2.42. The van der Waals surface area contributed by atoms with Gasteiger partial charge in [-0.05, 0) is 49.6 Å². The minimum atomic E-state index is -0.0308. The molecule has 2 aromatic heterocycles. The molecule has 1 unspecified atom stereocenters. The third-order valence-corrected chi connectivity index (χ3v) is 6.55. The van der Waals surface area contributed by atoms with E-state index >= 15 is 0 Å². The number of aromatic hydroxyl groups is 1. The molecule has 2 N–H and O–H groups in total. The number of ether oxygens (including phenoxy) is 1. The number of hydrogen-bond donors (Lipinski definition) is 2. The van der Waals surface area contributed by atoms with E-state index in [0.29, 0.717) is 30.1 Å². The number of phenols is 1. The SMILES string of the molecule is C=CC(=O)N1[C@@H]2COC[C@H]1CC(c1[nH]c3nnc(-c4ccccc4O)cc3c1C(=C)C)C2. The van der Waals surface area contributed by atoms with Crippen molar-refractivity contribution >= 4 is 22.5 Å². The van der Waals surface area contributed by atoms with E-state index < -0.39 is 0 Å². The zero-order chi connectivity index (χ0) is 22.4. The van der Waals surface area contributed by atoms with Gasteiger partial charge in [0.1, 0.15) is 5.75 Å². The number of fused-ring (bicyclic) bond motifs is 3. The molecule has 2 fully saturated rings. The van der Waals surface area contributed by atoms with Crippen LogP contribution in [0, 0.1) is 0 Å². The van der Waals surface area contributed by atoms with E-state index in [2.05, 4.69) is 28.3 Å². The molecule has 0 saturated carbocycles. The van der Waals surface area contributed by atoms with Crippen LogP contribution >= 0.6 is 0 Å². The first-order chi connectivity index (χ1) is 15.5. The number of aromatic nitrogens is 3. The molecule has 2 bridgehead atoms. The van der Waals surface area contributed by atoms with Gasteiger partial charge in [0.15, 0.2) is 5.65 Å². The number of nitrogens with zero attached hydrogens (tertiary/aromatic N) is 3. The Morgan fingerprint density at radius 3 is 2.62 bits per heavy atom. The molecular formula is C25H26N4O3. The summed E-state index contributed by atoms with van der Waals surface area (Å²) in [5.41, 5.74) is 5.01. The predicted molar refractivity (Wildman–Crippen MR) is 123 cm³/mol. The summed E-state index contributed by atoms with van der Waals surface area (Å²) in [6, 6.07) is 9.11. The standard InChI is InChI=1S/C25H26N4O3/c1-4-22(31)29-16-9-15(10-17(29)13-32-12-16)24-23(14(2)3)19-11-20(27-28-25(19)26-24)18-7-5-6-8-21(18)30/h4-8,11,15-17,30H,1-2,9-10,12-13H2,3H3,(H,26,28)/t15?,16-,17+. The van der Waals surface area contributed by atoms with E-state index in [0.717, 1.165) is 35.1 Å². The van der Waals surface area contributed by atoms with Gasteiger partial charge >= 0.3 is 0 Å². The normalized spacial score (nSPS) is 22.7. The van der Waals surface area contributed by atoms with Crippen LogP contribution in [0.1, 0.15) is 36.9 Å². The van der Waals surface area contributed by atoms with Crippen molar-refractivity contribution in [1.29, 1.82) is 0 Å². The molecule has 1 amide bonds. The van der Waals surface area contributed by atoms with Crippen LogP contribution in [0.3, 0.4) is 0 Å². The molecule has 2 saturated heterocycles. The number of phenolic OH excluding ortho intramolecular Hbond substituents is 1. The predicted octanol–water partition coefficient (Wildman–Crippen LogP) is 4.02. The van der Waals surface area contributed by atoms with Gasteiger partial charge in [0.05, 0.1) is 31.0 Å². The van der Waals surface area contributed by atoms with Crippen LogP contribution in [0.15, 0.2) is 49.6 Å². The zero-order valence-electron chi connectivity index (χ0n) is 18.0. The molecule has 164 valence electrons. The van der Waals surface area contributed by atoms with Crippen molar-refractivity contribution < 1.29 is 14.6 Å². The Labute approximate surface area is 186 Å². The van der Waals surface area contributed by atoms with Gasteiger partial charge in [0, 0.05) is 28.1 Å². The van der Waals surface area contributed by atoms with E-state index in [-0.39, 0.29) is 29.7 Å². The topological polar surface area (TPSA) is 91.3 Å². The Bertz CT molecular complexity index is 1220. The lowest BCUT2D eigenvalue weighted by Crippen LogP contribution is -2.58. The van der Waals surface area contributed by atoms with Crippen molar-refractivity contribution in [3.63, 3.8) is 0 Å². The highest BCUT2D eigenvalue weighted by Crippen LogP contribution is 2.42. The first-order valence-electron chi connectivity index (χ1n) is 10.8. The number of rotatable bonds is 4. The van der Waals surface area contributed by atoms with E-state index in [1.165, 1.54) is 6.08 Å². The number of piperidine rings is 1. The number of aromatic amines is 1. The van der Waals surface area contributed by atoms with E-state index in [4.69, 9.17) is 4.74 Å². The number of amides is 1. The molecule has 4 heterocycles. The molecule has 2 aliphatic rings. The fourth-order valence-corrected chi connectivity index (χ4v) is 5.21. The number of carbonyl (C=O) groups excluding carboxylic acids is 1. The number of carbonyl (C=O) groups is 1. The molecular weight excluding hydrogens is 404 g/mol. The van der Waals surface area contributed by atoms with Crippen molar-refractivity contribution in [1.82, 2.24) is 20.1 Å². The van der Waals surface area contributed by atoms with Crippen LogP contribution in [0.5, 0.6) is 5.75 Å². The van der Waals surface area contributed by atoms with Gasteiger partial charge < -0.3 is 19.7 Å². The highest BCUT2D eigenvalue weighted by atomic mass is 16.5. The van der Waals surface area contributed by atoms with Crippen molar-refractivity contribution in [2.24, 2.45) is 0 Å². The number of allylic oxidation sites excluding steroid dienone is 1. The van der Waals surface area contributed by atoms with Gasteiger partial charge in [-0.1, -0.05) is 25.3 Å². The summed E-state index contributed by atoms with van der Waals surface area (Å²) in [6.07, 6.45) is 2.98. The summed E-state index contributed by atoms with van der Waals surface area (Å²) in [6.45, 7) is 11.0. The fraction of sp³-hybridized carbons (Fsp3) is 0.320. The maximum absolute atomic E-state index is 12.4. The largest absolute Gasteiger partial charge is 0.507 e. The summed E-state index contributed by atoms with van der Waals surface area (Å²) in [4.78, 5) is 17.9. The average Bonchev–Trinajstić information content (AvgIpc) is 3.17. The maximum atomic E-state index is 12.4. The highest BCUT2D eigenvalue weighted by molar-refractivity contribution is 5.93. The third-order valence-electron chi connectivity index (χ3n) is 6.55. The molecule has 5 rings (SSSR count). The lowest BCUT2D eigenvalue weighted by molar-refractivity contribution is -0.146. The molecule has 7 heteroatoms. The second-order valence-electron chi connectivity index (χ2n) is 8.67. The van der Waals surface area contributed by atoms with Crippen LogP contribution in [0.25, 0.3) is 27.9 Å². The average molecular weight is 431 g/mol. The van der Waals surface area contributed by atoms with E-state index in [1.807, 2.05) is 30.0 Å². The van der Waals surface area contributed by atoms with Gasteiger partial charge in [0.25, 0.3) is 0 Å². The van der Waals surface area contributed by atoms with Crippen LogP contribution in [-0.2, 0) is 9.53 Å². The van der Waals surface area contributed by atoms with Gasteiger partial charge in [-0.3, -0.25) is 4.79 Å². The monoisotopic (exact) mass is 430 g/mol. The fourth-order valence-electron chi connectivity index (χ4n) is 5.21. The zero-order valence-corrected chi connectivity index (χ0v) is 18.0. The van der Waals surface area contributed by atoms with Gasteiger partial charge in [-0.15, -0.1) is 10.2 Å². The van der Waals surface area contributed by atoms with Gasteiger partial charge in [0.2, 0.25) is 5.91 Å². The Morgan fingerprint density at radius 2 is 1.97 bits per heavy atom. The molecule has 3 atom stereocenters. The molecule has 0 aliphatic carbocycles. The Hall–Kier alpha value is -3.45. The minimum absolute atomic E-state index is 0.0188.